The Bertz CT molecular complexity index is 661. The molecule has 6 heteroatoms. The first-order chi connectivity index (χ1) is 12.5. The number of rotatable bonds is 3. The second-order valence-electron chi connectivity index (χ2n) is 7.46. The highest BCUT2D eigenvalue weighted by atomic mass is 32.1. The predicted molar refractivity (Wildman–Crippen MR) is 112 cm³/mol. The Morgan fingerprint density at radius 1 is 1.19 bits per heavy atom. The van der Waals surface area contributed by atoms with Crippen LogP contribution in [0, 0.1) is 0 Å². The lowest BCUT2D eigenvalue weighted by Gasteiger charge is -2.40. The van der Waals surface area contributed by atoms with E-state index in [-0.39, 0.29) is 5.97 Å². The molecule has 2 heterocycles. The van der Waals surface area contributed by atoms with Gasteiger partial charge >= 0.3 is 5.97 Å². The molecule has 0 amide bonds. The summed E-state index contributed by atoms with van der Waals surface area (Å²) in [4.78, 5) is 16.3. The fourth-order valence-corrected chi connectivity index (χ4v) is 6.04. The highest BCUT2D eigenvalue weighted by Crippen LogP contribution is 2.38. The van der Waals surface area contributed by atoms with Gasteiger partial charge < -0.3 is 15.0 Å². The summed E-state index contributed by atoms with van der Waals surface area (Å²) in [6.45, 7) is 6.73. The van der Waals surface area contributed by atoms with E-state index in [2.05, 4.69) is 24.1 Å². The topological polar surface area (TPSA) is 41.6 Å². The zero-order valence-electron chi connectivity index (χ0n) is 16.1. The monoisotopic (exact) mass is 394 g/mol. The van der Waals surface area contributed by atoms with Crippen LogP contribution in [0.2, 0.25) is 0 Å². The first kappa shape index (κ1) is 19.6. The van der Waals surface area contributed by atoms with Gasteiger partial charge in [-0.25, -0.2) is 4.79 Å². The van der Waals surface area contributed by atoms with Gasteiger partial charge in [0.2, 0.25) is 0 Å². The van der Waals surface area contributed by atoms with Crippen molar-refractivity contribution in [2.45, 2.75) is 84.2 Å². The molecular weight excluding hydrogens is 364 g/mol. The largest absolute Gasteiger partial charge is 0.462 e. The third-order valence-electron chi connectivity index (χ3n) is 5.55. The summed E-state index contributed by atoms with van der Waals surface area (Å²) in [6.07, 6.45) is 9.16. The average molecular weight is 395 g/mol. The summed E-state index contributed by atoms with van der Waals surface area (Å²) >= 11 is 7.46. The van der Waals surface area contributed by atoms with Gasteiger partial charge in [0.05, 0.1) is 12.2 Å². The zero-order chi connectivity index (χ0) is 18.7. The van der Waals surface area contributed by atoms with E-state index in [1.807, 2.05) is 6.92 Å². The first-order valence-corrected chi connectivity index (χ1v) is 11.2. The molecule has 1 saturated heterocycles. The van der Waals surface area contributed by atoms with Crippen molar-refractivity contribution in [2.24, 2.45) is 0 Å². The van der Waals surface area contributed by atoms with E-state index < -0.39 is 0 Å². The number of carbonyl (C=O) groups excluding carboxylic acids is 1. The Balaban J connectivity index is 1.88. The van der Waals surface area contributed by atoms with Crippen LogP contribution in [0.4, 0.5) is 5.00 Å². The molecule has 144 valence electrons. The number of thiophene rings is 1. The van der Waals surface area contributed by atoms with Gasteiger partial charge in [-0.15, -0.1) is 11.3 Å². The van der Waals surface area contributed by atoms with Crippen molar-refractivity contribution in [3.05, 3.63) is 16.0 Å². The molecule has 1 fully saturated rings. The maximum absolute atomic E-state index is 12.7. The summed E-state index contributed by atoms with van der Waals surface area (Å²) in [7, 11) is 0. The van der Waals surface area contributed by atoms with Crippen molar-refractivity contribution in [1.82, 2.24) is 4.90 Å². The molecule has 1 aromatic heterocycles. The minimum absolute atomic E-state index is 0.211. The molecule has 1 aliphatic heterocycles. The number of nitrogens with one attached hydrogen (secondary N) is 1. The van der Waals surface area contributed by atoms with Gasteiger partial charge in [0, 0.05) is 17.0 Å². The van der Waals surface area contributed by atoms with Crippen LogP contribution in [0.5, 0.6) is 0 Å². The smallest absolute Gasteiger partial charge is 0.341 e. The maximum Gasteiger partial charge on any atom is 0.341 e. The molecule has 3 rings (SSSR count). The second kappa shape index (κ2) is 8.70. The van der Waals surface area contributed by atoms with Gasteiger partial charge in [0.1, 0.15) is 5.00 Å². The lowest BCUT2D eigenvalue weighted by molar-refractivity contribution is 0.0527. The molecule has 0 spiro atoms. The molecule has 4 nitrogen and oxygen atoms in total. The van der Waals surface area contributed by atoms with Crippen LogP contribution in [0.15, 0.2) is 0 Å². The Morgan fingerprint density at radius 2 is 1.88 bits per heavy atom. The number of aryl methyl sites for hydroxylation is 1. The third kappa shape index (κ3) is 4.06. The zero-order valence-corrected chi connectivity index (χ0v) is 17.7. The standard InChI is InChI=1S/C20H30N2O2S2/c1-4-24-19(23)17-15-11-6-5-7-12-16(15)26-18(17)21-20(25)22-13(2)9-8-10-14(22)3/h13-14H,4-12H2,1-3H3,(H,21,25)/t13-,14-/m1/s1. The van der Waals surface area contributed by atoms with Crippen molar-refractivity contribution in [3.63, 3.8) is 0 Å². The number of anilines is 1. The number of carbonyl (C=O) groups is 1. The molecule has 26 heavy (non-hydrogen) atoms. The van der Waals surface area contributed by atoms with Gasteiger partial charge in [0.25, 0.3) is 0 Å². The average Bonchev–Trinajstić information content (AvgIpc) is 2.76. The Kier molecular flexibility index (Phi) is 6.56. The minimum Gasteiger partial charge on any atom is -0.462 e. The number of nitrogens with zero attached hydrogens (tertiary/aromatic N) is 1. The van der Waals surface area contributed by atoms with Crippen molar-refractivity contribution in [2.75, 3.05) is 11.9 Å². The van der Waals surface area contributed by atoms with E-state index in [0.29, 0.717) is 18.7 Å². The molecule has 0 saturated carbocycles. The molecule has 1 aliphatic carbocycles. The molecule has 2 atom stereocenters. The van der Waals surface area contributed by atoms with Crippen molar-refractivity contribution in [1.29, 1.82) is 0 Å². The van der Waals surface area contributed by atoms with E-state index in [4.69, 9.17) is 17.0 Å². The van der Waals surface area contributed by atoms with Crippen molar-refractivity contribution < 1.29 is 9.53 Å². The minimum atomic E-state index is -0.211. The fraction of sp³-hybridized carbons (Fsp3) is 0.700. The van der Waals surface area contributed by atoms with Crippen molar-refractivity contribution in [3.8, 4) is 0 Å². The van der Waals surface area contributed by atoms with E-state index in [0.717, 1.165) is 47.8 Å². The molecular formula is C20H30N2O2S2. The molecule has 2 aliphatic rings. The van der Waals surface area contributed by atoms with Crippen molar-refractivity contribution >= 4 is 39.6 Å². The second-order valence-corrected chi connectivity index (χ2v) is 8.95. The third-order valence-corrected chi connectivity index (χ3v) is 7.07. The Hall–Kier alpha value is -1.14. The summed E-state index contributed by atoms with van der Waals surface area (Å²) in [5.74, 6) is -0.211. The van der Waals surface area contributed by atoms with E-state index in [9.17, 15) is 4.79 Å². The molecule has 0 aromatic carbocycles. The number of ether oxygens (including phenoxy) is 1. The summed E-state index contributed by atoms with van der Waals surface area (Å²) < 4.78 is 5.37. The maximum atomic E-state index is 12.7. The number of thiocarbonyl (C=S) groups is 1. The number of piperidine rings is 1. The van der Waals surface area contributed by atoms with Gasteiger partial charge in [-0.2, -0.15) is 0 Å². The SMILES string of the molecule is CCOC(=O)c1c(NC(=S)N2[C@H](C)CCC[C@H]2C)sc2c1CCCCC2. The molecule has 0 unspecified atom stereocenters. The van der Waals surface area contributed by atoms with E-state index in [1.54, 1.807) is 11.3 Å². The van der Waals surface area contributed by atoms with Gasteiger partial charge in [0.15, 0.2) is 5.11 Å². The van der Waals surface area contributed by atoms with Crippen LogP contribution in [0.1, 0.15) is 80.1 Å². The number of likely N-dealkylation sites (tertiary alicyclic amines) is 1. The lowest BCUT2D eigenvalue weighted by Crippen LogP contribution is -2.49. The van der Waals surface area contributed by atoms with Crippen LogP contribution in [-0.4, -0.2) is 34.7 Å². The fourth-order valence-electron chi connectivity index (χ4n) is 4.23. The van der Waals surface area contributed by atoms with Gasteiger partial charge in [-0.1, -0.05) is 6.42 Å². The van der Waals surface area contributed by atoms with E-state index in [1.165, 1.54) is 29.7 Å². The normalized spacial score (nSPS) is 23.1. The first-order valence-electron chi connectivity index (χ1n) is 9.93. The van der Waals surface area contributed by atoms with Crippen LogP contribution in [0.3, 0.4) is 0 Å². The van der Waals surface area contributed by atoms with Crippen LogP contribution < -0.4 is 5.32 Å². The summed E-state index contributed by atoms with van der Waals surface area (Å²) in [6, 6.07) is 0.866. The van der Waals surface area contributed by atoms with Crippen LogP contribution >= 0.6 is 23.6 Å². The summed E-state index contributed by atoms with van der Waals surface area (Å²) in [5.41, 5.74) is 1.92. The van der Waals surface area contributed by atoms with Gasteiger partial charge in [-0.3, -0.25) is 0 Å². The lowest BCUT2D eigenvalue weighted by atomic mass is 9.98. The van der Waals surface area contributed by atoms with Crippen LogP contribution in [-0.2, 0) is 17.6 Å². The molecule has 1 N–H and O–H groups in total. The number of fused-ring (bicyclic) bond motifs is 1. The summed E-state index contributed by atoms with van der Waals surface area (Å²) in [5, 5.41) is 5.06. The number of esters is 1. The molecule has 0 bridgehead atoms. The highest BCUT2D eigenvalue weighted by Gasteiger charge is 2.30. The van der Waals surface area contributed by atoms with E-state index >= 15 is 0 Å². The highest BCUT2D eigenvalue weighted by molar-refractivity contribution is 7.80. The number of hydrogen-bond acceptors (Lipinski definition) is 4. The molecule has 0 radical (unpaired) electrons. The van der Waals surface area contributed by atoms with Gasteiger partial charge in [-0.05, 0) is 83.5 Å². The Morgan fingerprint density at radius 3 is 2.58 bits per heavy atom. The predicted octanol–water partition coefficient (Wildman–Crippen LogP) is 5.15. The molecule has 1 aromatic rings. The quantitative estimate of drug-likeness (QED) is 0.436. The van der Waals surface area contributed by atoms with Crippen LogP contribution in [0.25, 0.3) is 0 Å². The Labute approximate surface area is 166 Å². The number of hydrogen-bond donors (Lipinski definition) is 1.